The fourth-order valence-corrected chi connectivity index (χ4v) is 2.68. The standard InChI is InChI=1S/C15H18N4O2/c1-21-14-5-3-2-4-11(14)9-16-15(20)10-6-7-12-13(8-10)18-19-17-12/h2-5,10H,6-9H2,1H3,(H,16,20)(H,17,18,19). The summed E-state index contributed by atoms with van der Waals surface area (Å²) in [6.45, 7) is 0.477. The zero-order valence-electron chi connectivity index (χ0n) is 11.9. The van der Waals surface area contributed by atoms with Crippen molar-refractivity contribution in [3.63, 3.8) is 0 Å². The number of fused-ring (bicyclic) bond motifs is 1. The van der Waals surface area contributed by atoms with Crippen LogP contribution in [-0.4, -0.2) is 28.4 Å². The molecule has 1 unspecified atom stereocenters. The van der Waals surface area contributed by atoms with Crippen LogP contribution in [0.3, 0.4) is 0 Å². The molecule has 1 aromatic carbocycles. The first kappa shape index (κ1) is 13.6. The smallest absolute Gasteiger partial charge is 0.223 e. The third-order valence-electron chi connectivity index (χ3n) is 3.89. The van der Waals surface area contributed by atoms with E-state index < -0.39 is 0 Å². The molecule has 21 heavy (non-hydrogen) atoms. The fraction of sp³-hybridized carbons (Fsp3) is 0.400. The predicted molar refractivity (Wildman–Crippen MR) is 76.7 cm³/mol. The Kier molecular flexibility index (Phi) is 3.85. The maximum absolute atomic E-state index is 12.3. The fourth-order valence-electron chi connectivity index (χ4n) is 2.68. The van der Waals surface area contributed by atoms with Crippen LogP contribution >= 0.6 is 0 Å². The number of aryl methyl sites for hydroxylation is 1. The van der Waals surface area contributed by atoms with Crippen molar-refractivity contribution in [2.24, 2.45) is 5.92 Å². The van der Waals surface area contributed by atoms with Crippen molar-refractivity contribution in [1.29, 1.82) is 0 Å². The number of hydrogen-bond donors (Lipinski definition) is 2. The van der Waals surface area contributed by atoms with Gasteiger partial charge in [-0.15, -0.1) is 0 Å². The van der Waals surface area contributed by atoms with Crippen LogP contribution in [0.5, 0.6) is 5.75 Å². The SMILES string of the molecule is COc1ccccc1CNC(=O)C1CCc2n[nH]nc2C1. The lowest BCUT2D eigenvalue weighted by atomic mass is 9.89. The van der Waals surface area contributed by atoms with Gasteiger partial charge in [-0.25, -0.2) is 0 Å². The minimum atomic E-state index is -0.0303. The maximum atomic E-state index is 12.3. The van der Waals surface area contributed by atoms with Crippen molar-refractivity contribution in [2.45, 2.75) is 25.8 Å². The minimum absolute atomic E-state index is 0.0303. The summed E-state index contributed by atoms with van der Waals surface area (Å²) in [6, 6.07) is 7.70. The maximum Gasteiger partial charge on any atom is 0.223 e. The number of aromatic nitrogens is 3. The Morgan fingerprint density at radius 3 is 3.05 bits per heavy atom. The Balaban J connectivity index is 1.60. The van der Waals surface area contributed by atoms with E-state index in [9.17, 15) is 4.79 Å². The number of methoxy groups -OCH3 is 1. The van der Waals surface area contributed by atoms with Gasteiger partial charge in [0.1, 0.15) is 5.75 Å². The molecule has 0 radical (unpaired) electrons. The lowest BCUT2D eigenvalue weighted by molar-refractivity contribution is -0.125. The van der Waals surface area contributed by atoms with E-state index in [-0.39, 0.29) is 11.8 Å². The summed E-state index contributed by atoms with van der Waals surface area (Å²) in [5.41, 5.74) is 2.88. The van der Waals surface area contributed by atoms with Crippen molar-refractivity contribution in [1.82, 2.24) is 20.7 Å². The zero-order chi connectivity index (χ0) is 14.7. The number of aromatic amines is 1. The summed E-state index contributed by atoms with van der Waals surface area (Å²) in [5.74, 6) is 0.826. The molecule has 1 amide bonds. The van der Waals surface area contributed by atoms with Gasteiger partial charge in [0.2, 0.25) is 5.91 Å². The molecule has 6 nitrogen and oxygen atoms in total. The Morgan fingerprint density at radius 2 is 2.19 bits per heavy atom. The number of benzene rings is 1. The van der Waals surface area contributed by atoms with Gasteiger partial charge in [0.25, 0.3) is 0 Å². The predicted octanol–water partition coefficient (Wildman–Crippen LogP) is 1.23. The number of carbonyl (C=O) groups excluding carboxylic acids is 1. The second-order valence-electron chi connectivity index (χ2n) is 5.19. The van der Waals surface area contributed by atoms with Gasteiger partial charge in [-0.3, -0.25) is 4.79 Å². The Bertz CT molecular complexity index is 638. The topological polar surface area (TPSA) is 79.9 Å². The van der Waals surface area contributed by atoms with Gasteiger partial charge in [0.15, 0.2) is 0 Å². The zero-order valence-corrected chi connectivity index (χ0v) is 11.9. The first-order valence-electron chi connectivity index (χ1n) is 7.06. The van der Waals surface area contributed by atoms with Crippen molar-refractivity contribution in [3.8, 4) is 5.75 Å². The molecular formula is C15H18N4O2. The highest BCUT2D eigenvalue weighted by Gasteiger charge is 2.27. The van der Waals surface area contributed by atoms with Crippen molar-refractivity contribution in [2.75, 3.05) is 7.11 Å². The van der Waals surface area contributed by atoms with E-state index in [0.29, 0.717) is 13.0 Å². The van der Waals surface area contributed by atoms with Crippen molar-refractivity contribution < 1.29 is 9.53 Å². The summed E-state index contributed by atoms with van der Waals surface area (Å²) in [7, 11) is 1.63. The van der Waals surface area contributed by atoms with Gasteiger partial charge in [-0.05, 0) is 18.9 Å². The van der Waals surface area contributed by atoms with E-state index in [1.165, 1.54) is 0 Å². The van der Waals surface area contributed by atoms with Gasteiger partial charge in [0, 0.05) is 24.4 Å². The quantitative estimate of drug-likeness (QED) is 0.886. The van der Waals surface area contributed by atoms with Gasteiger partial charge in [0.05, 0.1) is 18.5 Å². The third-order valence-corrected chi connectivity index (χ3v) is 3.89. The monoisotopic (exact) mass is 286 g/mol. The van der Waals surface area contributed by atoms with Crippen LogP contribution in [-0.2, 0) is 24.2 Å². The molecule has 0 bridgehead atoms. The number of para-hydroxylation sites is 1. The summed E-state index contributed by atoms with van der Waals surface area (Å²) in [5, 5.41) is 13.8. The molecule has 0 spiro atoms. The van der Waals surface area contributed by atoms with Crippen LogP contribution in [0.25, 0.3) is 0 Å². The number of H-pyrrole nitrogens is 1. The molecule has 1 atom stereocenters. The van der Waals surface area contributed by atoms with Gasteiger partial charge < -0.3 is 10.1 Å². The lowest BCUT2D eigenvalue weighted by Crippen LogP contribution is -2.33. The Labute approximate surface area is 122 Å². The largest absolute Gasteiger partial charge is 0.496 e. The number of hydrogen-bond acceptors (Lipinski definition) is 4. The summed E-state index contributed by atoms with van der Waals surface area (Å²) >= 11 is 0. The molecule has 0 saturated carbocycles. The van der Waals surface area contributed by atoms with E-state index in [0.717, 1.165) is 35.5 Å². The van der Waals surface area contributed by atoms with Crippen LogP contribution in [0.15, 0.2) is 24.3 Å². The highest BCUT2D eigenvalue weighted by atomic mass is 16.5. The second-order valence-corrected chi connectivity index (χ2v) is 5.19. The number of carbonyl (C=O) groups is 1. The molecule has 3 rings (SSSR count). The van der Waals surface area contributed by atoms with Crippen molar-refractivity contribution >= 4 is 5.91 Å². The third kappa shape index (κ3) is 2.89. The van der Waals surface area contributed by atoms with E-state index in [1.807, 2.05) is 24.3 Å². The highest BCUT2D eigenvalue weighted by Crippen LogP contribution is 2.23. The second kappa shape index (κ2) is 5.95. The first-order valence-corrected chi connectivity index (χ1v) is 7.06. The molecule has 6 heteroatoms. The average Bonchev–Trinajstić information content (AvgIpc) is 3.00. The average molecular weight is 286 g/mol. The van der Waals surface area contributed by atoms with Gasteiger partial charge >= 0.3 is 0 Å². The summed E-state index contributed by atoms with van der Waals surface area (Å²) < 4.78 is 5.29. The highest BCUT2D eigenvalue weighted by molar-refractivity contribution is 5.79. The van der Waals surface area contributed by atoms with Crippen LogP contribution < -0.4 is 10.1 Å². The molecule has 110 valence electrons. The molecule has 0 fully saturated rings. The van der Waals surface area contributed by atoms with E-state index >= 15 is 0 Å². The van der Waals surface area contributed by atoms with E-state index in [1.54, 1.807) is 7.11 Å². The Hall–Kier alpha value is -2.37. The summed E-state index contributed by atoms with van der Waals surface area (Å²) in [4.78, 5) is 12.3. The van der Waals surface area contributed by atoms with Crippen molar-refractivity contribution in [3.05, 3.63) is 41.2 Å². The Morgan fingerprint density at radius 1 is 1.38 bits per heavy atom. The van der Waals surface area contributed by atoms with Gasteiger partial charge in [-0.1, -0.05) is 18.2 Å². The molecule has 1 heterocycles. The molecule has 2 N–H and O–H groups in total. The lowest BCUT2D eigenvalue weighted by Gasteiger charge is -2.20. The molecule has 0 saturated heterocycles. The number of amides is 1. The first-order chi connectivity index (χ1) is 10.3. The van der Waals surface area contributed by atoms with Crippen LogP contribution in [0.1, 0.15) is 23.4 Å². The summed E-state index contributed by atoms with van der Waals surface area (Å²) in [6.07, 6.45) is 2.28. The molecule has 2 aromatic rings. The van der Waals surface area contributed by atoms with Crippen LogP contribution in [0.4, 0.5) is 0 Å². The number of nitrogens with one attached hydrogen (secondary N) is 2. The van der Waals surface area contributed by atoms with Gasteiger partial charge in [-0.2, -0.15) is 15.4 Å². The van der Waals surface area contributed by atoms with E-state index in [4.69, 9.17) is 4.74 Å². The number of nitrogens with zero attached hydrogens (tertiary/aromatic N) is 2. The minimum Gasteiger partial charge on any atom is -0.496 e. The normalized spacial score (nSPS) is 17.1. The van der Waals surface area contributed by atoms with E-state index in [2.05, 4.69) is 20.7 Å². The molecular weight excluding hydrogens is 268 g/mol. The number of ether oxygens (including phenoxy) is 1. The molecule has 1 aliphatic carbocycles. The molecule has 1 aliphatic rings. The molecule has 1 aromatic heterocycles. The van der Waals surface area contributed by atoms with Crippen LogP contribution in [0.2, 0.25) is 0 Å². The van der Waals surface area contributed by atoms with Crippen LogP contribution in [0, 0.1) is 5.92 Å². The molecule has 0 aliphatic heterocycles. The number of rotatable bonds is 4.